The molecule has 2 N–H and O–H groups in total. The van der Waals surface area contributed by atoms with Crippen molar-refractivity contribution < 1.29 is 9.53 Å². The summed E-state index contributed by atoms with van der Waals surface area (Å²) in [6.45, 7) is 10.4. The van der Waals surface area contributed by atoms with Gasteiger partial charge in [-0.3, -0.25) is 0 Å². The Morgan fingerprint density at radius 1 is 1.39 bits per heavy atom. The van der Waals surface area contributed by atoms with Crippen molar-refractivity contribution in [2.24, 2.45) is 5.41 Å². The molecule has 1 aliphatic rings. The van der Waals surface area contributed by atoms with Crippen molar-refractivity contribution in [1.82, 2.24) is 15.5 Å². The molecule has 0 aromatic carbocycles. The third-order valence-electron chi connectivity index (χ3n) is 2.87. The Kier molecular flexibility index (Phi) is 5.88. The van der Waals surface area contributed by atoms with Gasteiger partial charge in [0, 0.05) is 26.2 Å². The smallest absolute Gasteiger partial charge is 0.314 e. The molecule has 0 radical (unpaired) electrons. The molecule has 0 aromatic heterocycles. The van der Waals surface area contributed by atoms with E-state index < -0.39 is 0 Å². The second kappa shape index (κ2) is 6.95. The highest BCUT2D eigenvalue weighted by molar-refractivity contribution is 5.73. The number of rotatable bonds is 4. The number of ether oxygens (including phenoxy) is 1. The Bertz CT molecular complexity index is 263. The summed E-state index contributed by atoms with van der Waals surface area (Å²) >= 11 is 0. The van der Waals surface area contributed by atoms with E-state index in [1.54, 1.807) is 0 Å². The second-order valence-electron chi connectivity index (χ2n) is 6.21. The van der Waals surface area contributed by atoms with Crippen molar-refractivity contribution in [2.45, 2.75) is 33.3 Å². The molecular formula is C13H27N3O2. The zero-order valence-corrected chi connectivity index (χ0v) is 12.1. The first-order chi connectivity index (χ1) is 8.37. The molecule has 106 valence electrons. The second-order valence-corrected chi connectivity index (χ2v) is 6.21. The summed E-state index contributed by atoms with van der Waals surface area (Å²) in [4.78, 5) is 13.8. The topological polar surface area (TPSA) is 53.6 Å². The van der Waals surface area contributed by atoms with Gasteiger partial charge in [-0.15, -0.1) is 0 Å². The van der Waals surface area contributed by atoms with Crippen LogP contribution in [0.3, 0.4) is 0 Å². The number of hydrogen-bond donors (Lipinski definition) is 2. The first kappa shape index (κ1) is 15.2. The van der Waals surface area contributed by atoms with Crippen LogP contribution in [0.4, 0.5) is 4.79 Å². The van der Waals surface area contributed by atoms with Crippen molar-refractivity contribution in [3.05, 3.63) is 0 Å². The average molecular weight is 257 g/mol. The minimum absolute atomic E-state index is 0.0888. The molecule has 1 atom stereocenters. The van der Waals surface area contributed by atoms with Crippen LogP contribution >= 0.6 is 0 Å². The van der Waals surface area contributed by atoms with Crippen molar-refractivity contribution in [1.29, 1.82) is 0 Å². The molecule has 1 rings (SSSR count). The molecule has 0 bridgehead atoms. The van der Waals surface area contributed by atoms with Gasteiger partial charge in [-0.25, -0.2) is 4.79 Å². The van der Waals surface area contributed by atoms with Crippen LogP contribution in [0.15, 0.2) is 0 Å². The molecule has 5 heteroatoms. The molecule has 1 fully saturated rings. The highest BCUT2D eigenvalue weighted by atomic mass is 16.5. The standard InChI is InChI=1S/C13H27N3O2/c1-13(2,3)10-15-12(17)14-6-5-11-9-16(4)7-8-18-11/h11H,5-10H2,1-4H3,(H2,14,15,17). The zero-order valence-electron chi connectivity index (χ0n) is 12.1. The molecule has 0 aliphatic carbocycles. The Labute approximate surface area is 110 Å². The van der Waals surface area contributed by atoms with E-state index in [0.717, 1.165) is 26.1 Å². The van der Waals surface area contributed by atoms with Gasteiger partial charge in [0.25, 0.3) is 0 Å². The SMILES string of the molecule is CN1CCOC(CCNC(=O)NCC(C)(C)C)C1. The molecule has 18 heavy (non-hydrogen) atoms. The lowest BCUT2D eigenvalue weighted by Crippen LogP contribution is -2.44. The largest absolute Gasteiger partial charge is 0.375 e. The summed E-state index contributed by atoms with van der Waals surface area (Å²) in [6, 6.07) is -0.0888. The average Bonchev–Trinajstić information content (AvgIpc) is 2.25. The Morgan fingerprint density at radius 2 is 2.11 bits per heavy atom. The maximum absolute atomic E-state index is 11.5. The monoisotopic (exact) mass is 257 g/mol. The summed E-state index contributed by atoms with van der Waals surface area (Å²) in [7, 11) is 2.10. The lowest BCUT2D eigenvalue weighted by molar-refractivity contribution is -0.0224. The minimum Gasteiger partial charge on any atom is -0.375 e. The van der Waals surface area contributed by atoms with E-state index in [1.807, 2.05) is 0 Å². The fraction of sp³-hybridized carbons (Fsp3) is 0.923. The molecule has 5 nitrogen and oxygen atoms in total. The quantitative estimate of drug-likeness (QED) is 0.791. The fourth-order valence-electron chi connectivity index (χ4n) is 1.80. The van der Waals surface area contributed by atoms with Crippen LogP contribution in [0, 0.1) is 5.41 Å². The van der Waals surface area contributed by atoms with Gasteiger partial charge in [0.1, 0.15) is 0 Å². The molecular weight excluding hydrogens is 230 g/mol. The molecule has 0 aromatic rings. The number of amides is 2. The number of morpholine rings is 1. The van der Waals surface area contributed by atoms with E-state index in [4.69, 9.17) is 4.74 Å². The van der Waals surface area contributed by atoms with Gasteiger partial charge in [0.15, 0.2) is 0 Å². The molecule has 0 saturated carbocycles. The van der Waals surface area contributed by atoms with Crippen molar-refractivity contribution in [3.63, 3.8) is 0 Å². The molecule has 1 unspecified atom stereocenters. The van der Waals surface area contributed by atoms with E-state index >= 15 is 0 Å². The van der Waals surface area contributed by atoms with Crippen molar-refractivity contribution >= 4 is 6.03 Å². The van der Waals surface area contributed by atoms with E-state index in [0.29, 0.717) is 13.1 Å². The summed E-state index contributed by atoms with van der Waals surface area (Å²) < 4.78 is 5.63. The van der Waals surface area contributed by atoms with Crippen LogP contribution in [0.2, 0.25) is 0 Å². The van der Waals surface area contributed by atoms with Crippen molar-refractivity contribution in [3.8, 4) is 0 Å². The van der Waals surface area contributed by atoms with Crippen LogP contribution in [-0.4, -0.2) is 56.9 Å². The van der Waals surface area contributed by atoms with E-state index in [9.17, 15) is 4.79 Å². The first-order valence-corrected chi connectivity index (χ1v) is 6.69. The number of carbonyl (C=O) groups is 1. The Morgan fingerprint density at radius 3 is 2.72 bits per heavy atom. The molecule has 0 spiro atoms. The van der Waals surface area contributed by atoms with Gasteiger partial charge in [-0.1, -0.05) is 20.8 Å². The van der Waals surface area contributed by atoms with Gasteiger partial charge in [-0.2, -0.15) is 0 Å². The number of carbonyl (C=O) groups excluding carboxylic acids is 1. The van der Waals surface area contributed by atoms with Crippen LogP contribution < -0.4 is 10.6 Å². The maximum Gasteiger partial charge on any atom is 0.314 e. The van der Waals surface area contributed by atoms with E-state index in [2.05, 4.69) is 43.4 Å². The predicted octanol–water partition coefficient (Wildman–Crippen LogP) is 1.05. The molecule has 1 heterocycles. The lowest BCUT2D eigenvalue weighted by atomic mass is 9.97. The summed E-state index contributed by atoms with van der Waals surface area (Å²) in [5.41, 5.74) is 0.118. The van der Waals surface area contributed by atoms with Crippen LogP contribution in [0.5, 0.6) is 0 Å². The fourth-order valence-corrected chi connectivity index (χ4v) is 1.80. The van der Waals surface area contributed by atoms with Crippen LogP contribution in [0.1, 0.15) is 27.2 Å². The molecule has 1 aliphatic heterocycles. The number of likely N-dealkylation sites (N-methyl/N-ethyl adjacent to an activating group) is 1. The van der Waals surface area contributed by atoms with Gasteiger partial charge in [-0.05, 0) is 18.9 Å². The Balaban J connectivity index is 2.08. The number of hydrogen-bond acceptors (Lipinski definition) is 3. The summed E-state index contributed by atoms with van der Waals surface area (Å²) in [5.74, 6) is 0. The van der Waals surface area contributed by atoms with E-state index in [1.165, 1.54) is 0 Å². The Hall–Kier alpha value is -0.810. The summed E-state index contributed by atoms with van der Waals surface area (Å²) in [6.07, 6.45) is 1.11. The van der Waals surface area contributed by atoms with Crippen LogP contribution in [0.25, 0.3) is 0 Å². The highest BCUT2D eigenvalue weighted by Crippen LogP contribution is 2.10. The minimum atomic E-state index is -0.0888. The normalized spacial score (nSPS) is 21.7. The van der Waals surface area contributed by atoms with Gasteiger partial charge >= 0.3 is 6.03 Å². The zero-order chi connectivity index (χ0) is 13.6. The first-order valence-electron chi connectivity index (χ1n) is 6.69. The number of nitrogens with one attached hydrogen (secondary N) is 2. The summed E-state index contributed by atoms with van der Waals surface area (Å²) in [5, 5.41) is 5.74. The predicted molar refractivity (Wildman–Crippen MR) is 72.7 cm³/mol. The van der Waals surface area contributed by atoms with Gasteiger partial charge < -0.3 is 20.3 Å². The van der Waals surface area contributed by atoms with Crippen molar-refractivity contribution in [2.75, 3.05) is 39.8 Å². The van der Waals surface area contributed by atoms with E-state index in [-0.39, 0.29) is 17.6 Å². The van der Waals surface area contributed by atoms with Gasteiger partial charge in [0.05, 0.1) is 12.7 Å². The number of urea groups is 1. The maximum atomic E-state index is 11.5. The third kappa shape index (κ3) is 6.81. The van der Waals surface area contributed by atoms with Crippen LogP contribution in [-0.2, 0) is 4.74 Å². The molecule has 2 amide bonds. The van der Waals surface area contributed by atoms with Gasteiger partial charge in [0.2, 0.25) is 0 Å². The highest BCUT2D eigenvalue weighted by Gasteiger charge is 2.17. The third-order valence-corrected chi connectivity index (χ3v) is 2.87. The number of nitrogens with zero attached hydrogens (tertiary/aromatic N) is 1. The molecule has 1 saturated heterocycles. The lowest BCUT2D eigenvalue weighted by Gasteiger charge is -2.30.